The van der Waals surface area contributed by atoms with E-state index in [2.05, 4.69) is 33.9 Å². The number of hydrogen-bond donors (Lipinski definition) is 1. The Morgan fingerprint density at radius 3 is 2.61 bits per heavy atom. The standard InChI is InChI=1S/C32H40F4N6O2/c1-20-14-40(25(13-37-20)15-39-9-10-44-18-21(39)2)17-28(43)42-19-31(3,4)29-26(42)12-23(11-22-5-7-24(33)8-6-22)30-38-27(16-41(29)30)32(34,35)36/h5-8,12,16,20-21,25,37H,9-11,13-15,17-19H2,1-4H3/t20-,21-,25-/m1/s1. The van der Waals surface area contributed by atoms with Crippen LogP contribution in [0.25, 0.3) is 5.65 Å². The van der Waals surface area contributed by atoms with Gasteiger partial charge in [0.15, 0.2) is 5.69 Å². The maximum Gasteiger partial charge on any atom is 0.434 e. The predicted octanol–water partition coefficient (Wildman–Crippen LogP) is 4.09. The number of nitrogens with one attached hydrogen (secondary N) is 1. The van der Waals surface area contributed by atoms with Crippen molar-refractivity contribution in [2.24, 2.45) is 0 Å². The number of ether oxygens (including phenoxy) is 1. The van der Waals surface area contributed by atoms with Crippen molar-refractivity contribution in [1.29, 1.82) is 0 Å². The van der Waals surface area contributed by atoms with Gasteiger partial charge in [-0.25, -0.2) is 9.37 Å². The van der Waals surface area contributed by atoms with Gasteiger partial charge in [-0.05, 0) is 37.6 Å². The number of imidazole rings is 1. The van der Waals surface area contributed by atoms with E-state index >= 15 is 0 Å². The molecule has 1 N–H and O–H groups in total. The van der Waals surface area contributed by atoms with Crippen LogP contribution in [-0.2, 0) is 27.5 Å². The molecule has 6 rings (SSSR count). The highest BCUT2D eigenvalue weighted by atomic mass is 19.4. The highest BCUT2D eigenvalue weighted by Crippen LogP contribution is 2.43. The number of alkyl halides is 3. The molecule has 8 nitrogen and oxygen atoms in total. The molecule has 0 bridgehead atoms. The van der Waals surface area contributed by atoms with Crippen LogP contribution >= 0.6 is 0 Å². The van der Waals surface area contributed by atoms with Crippen LogP contribution in [0.2, 0.25) is 0 Å². The number of carbonyl (C=O) groups is 1. The Labute approximate surface area is 255 Å². The molecule has 0 aliphatic carbocycles. The summed E-state index contributed by atoms with van der Waals surface area (Å²) in [7, 11) is 0. The number of piperazine rings is 1. The molecule has 2 saturated heterocycles. The van der Waals surface area contributed by atoms with Gasteiger partial charge >= 0.3 is 6.18 Å². The Balaban J connectivity index is 1.34. The van der Waals surface area contributed by atoms with Crippen LogP contribution in [0.1, 0.15) is 50.2 Å². The van der Waals surface area contributed by atoms with E-state index in [1.54, 1.807) is 23.1 Å². The molecule has 3 aliphatic heterocycles. The van der Waals surface area contributed by atoms with E-state index in [9.17, 15) is 22.4 Å². The van der Waals surface area contributed by atoms with Crippen molar-refractivity contribution in [2.45, 2.75) is 63.8 Å². The van der Waals surface area contributed by atoms with E-state index in [1.807, 2.05) is 13.8 Å². The molecule has 0 radical (unpaired) electrons. The molecule has 3 atom stereocenters. The number of morpholine rings is 1. The number of aromatic nitrogens is 2. The molecule has 12 heteroatoms. The second-order valence-corrected chi connectivity index (χ2v) is 13.2. The third kappa shape index (κ3) is 6.09. The monoisotopic (exact) mass is 616 g/mol. The summed E-state index contributed by atoms with van der Waals surface area (Å²) in [4.78, 5) is 24.6. The van der Waals surface area contributed by atoms with Gasteiger partial charge < -0.3 is 19.4 Å². The fourth-order valence-electron chi connectivity index (χ4n) is 6.91. The van der Waals surface area contributed by atoms with Crippen molar-refractivity contribution >= 4 is 17.2 Å². The van der Waals surface area contributed by atoms with Crippen LogP contribution in [-0.4, -0.2) is 95.7 Å². The topological polar surface area (TPSA) is 65.4 Å². The summed E-state index contributed by atoms with van der Waals surface area (Å²) in [5, 5.41) is 3.56. The number of pyridine rings is 1. The van der Waals surface area contributed by atoms with Crippen molar-refractivity contribution in [2.75, 3.05) is 57.4 Å². The lowest BCUT2D eigenvalue weighted by Gasteiger charge is -2.43. The minimum absolute atomic E-state index is 0.0887. The van der Waals surface area contributed by atoms with E-state index in [0.717, 1.165) is 31.4 Å². The first-order chi connectivity index (χ1) is 20.8. The first kappa shape index (κ1) is 30.9. The molecule has 2 aromatic heterocycles. The van der Waals surface area contributed by atoms with Gasteiger partial charge in [0.2, 0.25) is 5.91 Å². The molecule has 3 aromatic rings. The molecule has 1 aromatic carbocycles. The first-order valence-electron chi connectivity index (χ1n) is 15.3. The fraction of sp³-hybridized carbons (Fsp3) is 0.562. The van der Waals surface area contributed by atoms with Crippen LogP contribution < -0.4 is 10.2 Å². The Kier molecular flexibility index (Phi) is 8.23. The average Bonchev–Trinajstić information content (AvgIpc) is 3.52. The summed E-state index contributed by atoms with van der Waals surface area (Å²) < 4.78 is 62.4. The summed E-state index contributed by atoms with van der Waals surface area (Å²) >= 11 is 0. The number of benzene rings is 1. The average molecular weight is 617 g/mol. The number of carbonyl (C=O) groups excluding carboxylic acids is 1. The predicted molar refractivity (Wildman–Crippen MR) is 159 cm³/mol. The van der Waals surface area contributed by atoms with Crippen molar-refractivity contribution in [3.8, 4) is 0 Å². The molecule has 0 saturated carbocycles. The van der Waals surface area contributed by atoms with Gasteiger partial charge in [-0.15, -0.1) is 0 Å². The second kappa shape index (κ2) is 11.7. The summed E-state index contributed by atoms with van der Waals surface area (Å²) in [6.45, 7) is 13.2. The van der Waals surface area contributed by atoms with Crippen molar-refractivity contribution < 1.29 is 27.1 Å². The normalized spacial score (nSPS) is 24.6. The zero-order chi connectivity index (χ0) is 31.4. The van der Waals surface area contributed by atoms with Crippen LogP contribution in [0.15, 0.2) is 36.5 Å². The Morgan fingerprint density at radius 1 is 1.16 bits per heavy atom. The van der Waals surface area contributed by atoms with Gasteiger partial charge in [-0.3, -0.25) is 14.6 Å². The van der Waals surface area contributed by atoms with Crippen molar-refractivity contribution in [3.05, 3.63) is 64.9 Å². The molecule has 238 valence electrons. The molecule has 0 unspecified atom stereocenters. The van der Waals surface area contributed by atoms with Crippen molar-refractivity contribution in [1.82, 2.24) is 24.5 Å². The summed E-state index contributed by atoms with van der Waals surface area (Å²) in [6.07, 6.45) is -3.35. The third-order valence-corrected chi connectivity index (χ3v) is 9.19. The Morgan fingerprint density at radius 2 is 1.91 bits per heavy atom. The second-order valence-electron chi connectivity index (χ2n) is 13.2. The minimum Gasteiger partial charge on any atom is -0.379 e. The number of amides is 1. The molecule has 3 aliphatic rings. The van der Waals surface area contributed by atoms with Gasteiger partial charge in [0.1, 0.15) is 11.5 Å². The first-order valence-corrected chi connectivity index (χ1v) is 15.3. The van der Waals surface area contributed by atoms with Crippen molar-refractivity contribution in [3.63, 3.8) is 0 Å². The fourth-order valence-corrected chi connectivity index (χ4v) is 6.91. The molecular weight excluding hydrogens is 576 g/mol. The summed E-state index contributed by atoms with van der Waals surface area (Å²) in [5.74, 6) is -0.482. The van der Waals surface area contributed by atoms with Gasteiger partial charge in [-0.2, -0.15) is 13.2 Å². The molecule has 5 heterocycles. The van der Waals surface area contributed by atoms with Crippen LogP contribution in [0, 0.1) is 5.82 Å². The quantitative estimate of drug-likeness (QED) is 0.421. The van der Waals surface area contributed by atoms with Crippen LogP contribution in [0.4, 0.5) is 23.2 Å². The maximum atomic E-state index is 14.2. The van der Waals surface area contributed by atoms with Gasteiger partial charge in [0.25, 0.3) is 0 Å². The zero-order valence-electron chi connectivity index (χ0n) is 25.6. The lowest BCUT2D eigenvalue weighted by atomic mass is 9.90. The number of halogens is 4. The molecule has 0 spiro atoms. The molecule has 44 heavy (non-hydrogen) atoms. The lowest BCUT2D eigenvalue weighted by molar-refractivity contribution is -0.140. The number of nitrogens with zero attached hydrogens (tertiary/aromatic N) is 5. The number of fused-ring (bicyclic) bond motifs is 3. The van der Waals surface area contributed by atoms with Gasteiger partial charge in [0.05, 0.1) is 31.1 Å². The van der Waals surface area contributed by atoms with Gasteiger partial charge in [-0.1, -0.05) is 26.0 Å². The SMILES string of the molecule is C[C@@H]1CN(CC(=O)N2CC(C)(C)c3c2cc(Cc2ccc(F)cc2)c2nc(C(F)(F)F)cn32)[C@@H](CN2CCOC[C@H]2C)CN1. The largest absolute Gasteiger partial charge is 0.434 e. The molecule has 1 amide bonds. The summed E-state index contributed by atoms with van der Waals surface area (Å²) in [6, 6.07) is 8.33. The highest BCUT2D eigenvalue weighted by molar-refractivity contribution is 5.98. The van der Waals surface area contributed by atoms with Crippen LogP contribution in [0.5, 0.6) is 0 Å². The number of anilines is 1. The van der Waals surface area contributed by atoms with E-state index in [0.29, 0.717) is 49.3 Å². The Bertz CT molecular complexity index is 1520. The summed E-state index contributed by atoms with van der Waals surface area (Å²) in [5.41, 5.74) is 1.07. The number of hydrogen-bond acceptors (Lipinski definition) is 6. The lowest BCUT2D eigenvalue weighted by Crippen LogP contribution is -2.62. The number of rotatable bonds is 6. The van der Waals surface area contributed by atoms with E-state index in [1.165, 1.54) is 16.5 Å². The third-order valence-electron chi connectivity index (χ3n) is 9.19. The maximum absolute atomic E-state index is 14.2. The molecule has 2 fully saturated rings. The molecular formula is C32H40F4N6O2. The smallest absolute Gasteiger partial charge is 0.379 e. The zero-order valence-corrected chi connectivity index (χ0v) is 25.6. The van der Waals surface area contributed by atoms with Crippen LogP contribution in [0.3, 0.4) is 0 Å². The Hall–Kier alpha value is -3.06. The minimum atomic E-state index is -4.63. The van der Waals surface area contributed by atoms with E-state index in [-0.39, 0.29) is 36.6 Å². The van der Waals surface area contributed by atoms with E-state index < -0.39 is 23.1 Å². The highest BCUT2D eigenvalue weighted by Gasteiger charge is 2.43. The van der Waals surface area contributed by atoms with Gasteiger partial charge in [0, 0.05) is 74.4 Å². The van der Waals surface area contributed by atoms with E-state index in [4.69, 9.17) is 4.74 Å².